The molecule has 0 bridgehead atoms. The third kappa shape index (κ3) is 1.83. The van der Waals surface area contributed by atoms with Crippen LogP contribution in [0.2, 0.25) is 0 Å². The molecular formula is C11H12N4. The van der Waals surface area contributed by atoms with E-state index in [0.717, 1.165) is 17.2 Å². The van der Waals surface area contributed by atoms with Gasteiger partial charge in [-0.15, -0.1) is 10.2 Å². The lowest BCUT2D eigenvalue weighted by Crippen LogP contribution is -2.03. The van der Waals surface area contributed by atoms with Crippen molar-refractivity contribution in [3.05, 3.63) is 30.5 Å². The summed E-state index contributed by atoms with van der Waals surface area (Å²) in [6.07, 6.45) is 4.38. The quantitative estimate of drug-likeness (QED) is 0.797. The SMILES string of the molecule is c1c[nH]c(-c2ccc(NC3CC3)nn2)c1. The molecule has 0 amide bonds. The van der Waals surface area contributed by atoms with Crippen LogP contribution in [0, 0.1) is 0 Å². The van der Waals surface area contributed by atoms with Crippen LogP contribution in [0.25, 0.3) is 11.4 Å². The number of nitrogens with zero attached hydrogens (tertiary/aromatic N) is 2. The molecule has 0 aromatic carbocycles. The van der Waals surface area contributed by atoms with Crippen molar-refractivity contribution < 1.29 is 0 Å². The van der Waals surface area contributed by atoms with Crippen LogP contribution < -0.4 is 5.32 Å². The normalized spacial score (nSPS) is 15.2. The number of nitrogens with one attached hydrogen (secondary N) is 2. The van der Waals surface area contributed by atoms with Crippen molar-refractivity contribution in [3.63, 3.8) is 0 Å². The monoisotopic (exact) mass is 200 g/mol. The van der Waals surface area contributed by atoms with E-state index in [1.807, 2.05) is 30.5 Å². The van der Waals surface area contributed by atoms with E-state index in [4.69, 9.17) is 0 Å². The first-order valence-electron chi connectivity index (χ1n) is 5.16. The van der Waals surface area contributed by atoms with Crippen LogP contribution in [0.1, 0.15) is 12.8 Å². The Bertz CT molecular complexity index is 428. The zero-order valence-corrected chi connectivity index (χ0v) is 8.27. The summed E-state index contributed by atoms with van der Waals surface area (Å²) >= 11 is 0. The summed E-state index contributed by atoms with van der Waals surface area (Å²) < 4.78 is 0. The lowest BCUT2D eigenvalue weighted by Gasteiger charge is -2.02. The fourth-order valence-corrected chi connectivity index (χ4v) is 1.48. The lowest BCUT2D eigenvalue weighted by molar-refractivity contribution is 1.00. The van der Waals surface area contributed by atoms with E-state index in [1.54, 1.807) is 0 Å². The Morgan fingerprint density at radius 1 is 1.20 bits per heavy atom. The van der Waals surface area contributed by atoms with Gasteiger partial charge in [0.15, 0.2) is 0 Å². The van der Waals surface area contributed by atoms with Gasteiger partial charge in [0.1, 0.15) is 11.5 Å². The van der Waals surface area contributed by atoms with Crippen molar-refractivity contribution in [2.24, 2.45) is 0 Å². The Labute approximate surface area is 87.7 Å². The van der Waals surface area contributed by atoms with Gasteiger partial charge in [-0.1, -0.05) is 0 Å². The first kappa shape index (κ1) is 8.47. The number of aromatic amines is 1. The van der Waals surface area contributed by atoms with Crippen LogP contribution in [-0.2, 0) is 0 Å². The maximum Gasteiger partial charge on any atom is 0.148 e. The van der Waals surface area contributed by atoms with E-state index in [1.165, 1.54) is 12.8 Å². The Kier molecular flexibility index (Phi) is 1.91. The molecule has 2 aromatic rings. The highest BCUT2D eigenvalue weighted by Crippen LogP contribution is 2.23. The Morgan fingerprint density at radius 2 is 2.13 bits per heavy atom. The van der Waals surface area contributed by atoms with Gasteiger partial charge >= 0.3 is 0 Å². The number of anilines is 1. The van der Waals surface area contributed by atoms with E-state index < -0.39 is 0 Å². The summed E-state index contributed by atoms with van der Waals surface area (Å²) in [5.74, 6) is 0.868. The molecule has 2 aromatic heterocycles. The molecule has 1 saturated carbocycles. The average molecular weight is 200 g/mol. The van der Waals surface area contributed by atoms with Crippen LogP contribution in [0.3, 0.4) is 0 Å². The first-order chi connectivity index (χ1) is 7.42. The van der Waals surface area contributed by atoms with E-state index in [2.05, 4.69) is 20.5 Å². The van der Waals surface area contributed by atoms with E-state index in [9.17, 15) is 0 Å². The molecule has 4 heteroatoms. The molecular weight excluding hydrogens is 188 g/mol. The minimum absolute atomic E-state index is 0.621. The average Bonchev–Trinajstić information content (AvgIpc) is 2.92. The fourth-order valence-electron chi connectivity index (χ4n) is 1.48. The molecule has 4 nitrogen and oxygen atoms in total. The molecule has 0 atom stereocenters. The van der Waals surface area contributed by atoms with Crippen molar-refractivity contribution in [2.75, 3.05) is 5.32 Å². The van der Waals surface area contributed by atoms with E-state index in [0.29, 0.717) is 6.04 Å². The molecule has 0 aliphatic heterocycles. The van der Waals surface area contributed by atoms with Gasteiger partial charge in [-0.05, 0) is 37.1 Å². The van der Waals surface area contributed by atoms with Crippen molar-refractivity contribution in [2.45, 2.75) is 18.9 Å². The van der Waals surface area contributed by atoms with Gasteiger partial charge in [0.25, 0.3) is 0 Å². The molecule has 1 aliphatic carbocycles. The molecule has 0 radical (unpaired) electrons. The zero-order chi connectivity index (χ0) is 10.1. The number of hydrogen-bond acceptors (Lipinski definition) is 3. The minimum Gasteiger partial charge on any atom is -0.366 e. The number of aromatic nitrogens is 3. The Hall–Kier alpha value is -1.84. The third-order valence-corrected chi connectivity index (χ3v) is 2.47. The number of H-pyrrole nitrogens is 1. The second-order valence-electron chi connectivity index (χ2n) is 3.81. The molecule has 1 fully saturated rings. The summed E-state index contributed by atoms with van der Waals surface area (Å²) in [5, 5.41) is 11.6. The third-order valence-electron chi connectivity index (χ3n) is 2.47. The van der Waals surface area contributed by atoms with Crippen molar-refractivity contribution in [1.29, 1.82) is 0 Å². The maximum atomic E-state index is 4.16. The molecule has 1 aliphatic rings. The number of rotatable bonds is 3. The van der Waals surface area contributed by atoms with Gasteiger partial charge in [-0.2, -0.15) is 0 Å². The molecule has 0 unspecified atom stereocenters. The van der Waals surface area contributed by atoms with Crippen LogP contribution in [0.4, 0.5) is 5.82 Å². The smallest absolute Gasteiger partial charge is 0.148 e. The van der Waals surface area contributed by atoms with Gasteiger partial charge in [-0.3, -0.25) is 0 Å². The van der Waals surface area contributed by atoms with E-state index >= 15 is 0 Å². The molecule has 76 valence electrons. The second-order valence-corrected chi connectivity index (χ2v) is 3.81. The van der Waals surface area contributed by atoms with Gasteiger partial charge < -0.3 is 10.3 Å². The predicted octanol–water partition coefficient (Wildman–Crippen LogP) is 2.05. The lowest BCUT2D eigenvalue weighted by atomic mass is 10.3. The molecule has 15 heavy (non-hydrogen) atoms. The number of hydrogen-bond donors (Lipinski definition) is 2. The van der Waals surface area contributed by atoms with E-state index in [-0.39, 0.29) is 0 Å². The van der Waals surface area contributed by atoms with Gasteiger partial charge in [-0.25, -0.2) is 0 Å². The summed E-state index contributed by atoms with van der Waals surface area (Å²) in [7, 11) is 0. The Balaban J connectivity index is 1.80. The fraction of sp³-hybridized carbons (Fsp3) is 0.273. The van der Waals surface area contributed by atoms with Crippen LogP contribution in [0.5, 0.6) is 0 Å². The molecule has 3 rings (SSSR count). The van der Waals surface area contributed by atoms with Crippen molar-refractivity contribution in [3.8, 4) is 11.4 Å². The molecule has 2 N–H and O–H groups in total. The summed E-state index contributed by atoms with van der Waals surface area (Å²) in [5.41, 5.74) is 1.88. The highest BCUT2D eigenvalue weighted by Gasteiger charge is 2.21. The highest BCUT2D eigenvalue weighted by molar-refractivity contribution is 5.55. The van der Waals surface area contributed by atoms with Gasteiger partial charge in [0.05, 0.1) is 5.69 Å². The maximum absolute atomic E-state index is 4.16. The summed E-state index contributed by atoms with van der Waals surface area (Å²) in [6.45, 7) is 0. The first-order valence-corrected chi connectivity index (χ1v) is 5.16. The molecule has 2 heterocycles. The van der Waals surface area contributed by atoms with Crippen molar-refractivity contribution >= 4 is 5.82 Å². The highest BCUT2D eigenvalue weighted by atomic mass is 15.2. The van der Waals surface area contributed by atoms with Crippen LogP contribution in [-0.4, -0.2) is 21.2 Å². The standard InChI is InChI=1S/C11H12N4/c1-2-9(12-7-1)10-5-6-11(15-14-10)13-8-3-4-8/h1-2,5-8,12H,3-4H2,(H,13,15). The Morgan fingerprint density at radius 3 is 2.73 bits per heavy atom. The van der Waals surface area contributed by atoms with Gasteiger partial charge in [0.2, 0.25) is 0 Å². The predicted molar refractivity (Wildman–Crippen MR) is 58.5 cm³/mol. The van der Waals surface area contributed by atoms with Gasteiger partial charge in [0, 0.05) is 12.2 Å². The van der Waals surface area contributed by atoms with Crippen molar-refractivity contribution in [1.82, 2.24) is 15.2 Å². The van der Waals surface area contributed by atoms with Crippen LogP contribution in [0.15, 0.2) is 30.5 Å². The summed E-state index contributed by atoms with van der Waals surface area (Å²) in [6, 6.07) is 8.51. The topological polar surface area (TPSA) is 53.6 Å². The second kappa shape index (κ2) is 3.38. The van der Waals surface area contributed by atoms with Crippen LogP contribution >= 0.6 is 0 Å². The zero-order valence-electron chi connectivity index (χ0n) is 8.27. The minimum atomic E-state index is 0.621. The largest absolute Gasteiger partial charge is 0.366 e. The molecule has 0 saturated heterocycles. The summed E-state index contributed by atoms with van der Waals surface area (Å²) in [4.78, 5) is 3.10. The molecule has 0 spiro atoms.